The van der Waals surface area contributed by atoms with E-state index in [1.165, 1.54) is 13.2 Å². The number of rotatable bonds is 7. The second kappa shape index (κ2) is 7.54. The van der Waals surface area contributed by atoms with Crippen molar-refractivity contribution in [3.8, 4) is 0 Å². The normalized spacial score (nSPS) is 11.9. The molecule has 0 aliphatic heterocycles. The Morgan fingerprint density at radius 2 is 2.20 bits per heavy atom. The number of halogens is 1. The lowest BCUT2D eigenvalue weighted by Crippen LogP contribution is -2.14. The summed E-state index contributed by atoms with van der Waals surface area (Å²) in [5.74, 6) is -1.76. The van der Waals surface area contributed by atoms with E-state index in [-0.39, 0.29) is 19.6 Å². The summed E-state index contributed by atoms with van der Waals surface area (Å²) in [4.78, 5) is 21.4. The molecule has 1 unspecified atom stereocenters. The van der Waals surface area contributed by atoms with Gasteiger partial charge in [-0.15, -0.1) is 0 Å². The van der Waals surface area contributed by atoms with Gasteiger partial charge < -0.3 is 9.47 Å². The largest absolute Gasteiger partial charge is 0.466 e. The van der Waals surface area contributed by atoms with Crippen LogP contribution in [0.5, 0.6) is 0 Å². The van der Waals surface area contributed by atoms with Crippen LogP contribution >= 0.6 is 0 Å². The molecule has 0 saturated heterocycles. The van der Waals surface area contributed by atoms with Gasteiger partial charge in [0.15, 0.2) is 0 Å². The number of hydrogen-bond acceptors (Lipinski definition) is 5. The summed E-state index contributed by atoms with van der Waals surface area (Å²) in [5, 5.41) is 10.7. The molecule has 1 aromatic rings. The van der Waals surface area contributed by atoms with E-state index in [0.717, 1.165) is 12.1 Å². The van der Waals surface area contributed by atoms with E-state index in [4.69, 9.17) is 9.47 Å². The Hall–Kier alpha value is -2.02. The topological polar surface area (TPSA) is 78.7 Å². The molecule has 20 heavy (non-hydrogen) atoms. The van der Waals surface area contributed by atoms with Crippen molar-refractivity contribution in [3.05, 3.63) is 39.7 Å². The lowest BCUT2D eigenvalue weighted by molar-refractivity contribution is -0.387. The molecule has 0 aliphatic carbocycles. The van der Waals surface area contributed by atoms with Crippen LogP contribution in [-0.2, 0) is 14.3 Å². The summed E-state index contributed by atoms with van der Waals surface area (Å²) in [6.07, 6.45) is 0.0183. The average Bonchev–Trinajstić information content (AvgIpc) is 2.38. The lowest BCUT2D eigenvalue weighted by atomic mass is 9.96. The maximum Gasteiger partial charge on any atom is 0.306 e. The van der Waals surface area contributed by atoms with Crippen LogP contribution in [0.25, 0.3) is 0 Å². The molecule has 0 spiro atoms. The number of esters is 1. The first-order valence-corrected chi connectivity index (χ1v) is 6.08. The third-order valence-corrected chi connectivity index (χ3v) is 2.72. The number of ether oxygens (including phenoxy) is 2. The standard InChI is InChI=1S/C13H16FNO5/c1-3-20-13(16)7-10(8-19-2)9-4-5-11(14)12(6-9)15(17)18/h4-6,10H,3,7-8H2,1-2H3. The highest BCUT2D eigenvalue weighted by atomic mass is 19.1. The third-order valence-electron chi connectivity index (χ3n) is 2.72. The van der Waals surface area contributed by atoms with Crippen molar-refractivity contribution in [2.75, 3.05) is 20.3 Å². The van der Waals surface area contributed by atoms with Crippen molar-refractivity contribution < 1.29 is 23.6 Å². The Balaban J connectivity index is 2.99. The number of nitro groups is 1. The molecule has 0 saturated carbocycles. The second-order valence-corrected chi connectivity index (χ2v) is 4.13. The van der Waals surface area contributed by atoms with Crippen LogP contribution in [0.15, 0.2) is 18.2 Å². The molecule has 0 amide bonds. The van der Waals surface area contributed by atoms with Crippen molar-refractivity contribution >= 4 is 11.7 Å². The number of benzene rings is 1. The fourth-order valence-electron chi connectivity index (χ4n) is 1.82. The first-order chi connectivity index (χ1) is 9.49. The van der Waals surface area contributed by atoms with E-state index in [1.54, 1.807) is 6.92 Å². The highest BCUT2D eigenvalue weighted by Gasteiger charge is 2.21. The Bertz CT molecular complexity index is 492. The lowest BCUT2D eigenvalue weighted by Gasteiger charge is -2.15. The maximum atomic E-state index is 13.3. The number of nitro benzene ring substituents is 1. The molecule has 6 nitrogen and oxygen atoms in total. The quantitative estimate of drug-likeness (QED) is 0.436. The summed E-state index contributed by atoms with van der Waals surface area (Å²) < 4.78 is 23.1. The van der Waals surface area contributed by atoms with E-state index in [0.29, 0.717) is 5.56 Å². The minimum absolute atomic E-state index is 0.0183. The molecule has 1 aromatic carbocycles. The van der Waals surface area contributed by atoms with E-state index in [1.807, 2.05) is 0 Å². The van der Waals surface area contributed by atoms with Gasteiger partial charge in [-0.3, -0.25) is 14.9 Å². The fourth-order valence-corrected chi connectivity index (χ4v) is 1.82. The minimum atomic E-state index is -0.911. The number of carbonyl (C=O) groups is 1. The van der Waals surface area contributed by atoms with Crippen LogP contribution in [0, 0.1) is 15.9 Å². The van der Waals surface area contributed by atoms with Gasteiger partial charge in [0.25, 0.3) is 0 Å². The molecule has 0 heterocycles. The number of nitrogens with zero attached hydrogens (tertiary/aromatic N) is 1. The predicted molar refractivity (Wildman–Crippen MR) is 68.9 cm³/mol. The van der Waals surface area contributed by atoms with Crippen LogP contribution < -0.4 is 0 Å². The molecule has 0 N–H and O–H groups in total. The van der Waals surface area contributed by atoms with Gasteiger partial charge in [-0.25, -0.2) is 0 Å². The molecule has 7 heteroatoms. The Morgan fingerprint density at radius 3 is 2.75 bits per heavy atom. The molecule has 0 aromatic heterocycles. The average molecular weight is 285 g/mol. The Morgan fingerprint density at radius 1 is 1.50 bits per heavy atom. The molecule has 0 radical (unpaired) electrons. The van der Waals surface area contributed by atoms with Gasteiger partial charge in [-0.2, -0.15) is 4.39 Å². The molecular weight excluding hydrogens is 269 g/mol. The van der Waals surface area contributed by atoms with Crippen LogP contribution in [0.3, 0.4) is 0 Å². The molecule has 1 atom stereocenters. The van der Waals surface area contributed by atoms with Crippen LogP contribution in [0.4, 0.5) is 10.1 Å². The highest BCUT2D eigenvalue weighted by molar-refractivity contribution is 5.70. The summed E-state index contributed by atoms with van der Waals surface area (Å²) >= 11 is 0. The Kier molecular flexibility index (Phi) is 6.05. The first-order valence-electron chi connectivity index (χ1n) is 6.08. The van der Waals surface area contributed by atoms with Crippen LogP contribution in [-0.4, -0.2) is 31.2 Å². The van der Waals surface area contributed by atoms with Gasteiger partial charge in [0, 0.05) is 19.1 Å². The van der Waals surface area contributed by atoms with Crippen molar-refractivity contribution in [1.29, 1.82) is 0 Å². The van der Waals surface area contributed by atoms with Crippen molar-refractivity contribution in [2.24, 2.45) is 0 Å². The van der Waals surface area contributed by atoms with Crippen LogP contribution in [0.1, 0.15) is 24.8 Å². The van der Waals surface area contributed by atoms with E-state index < -0.39 is 28.3 Å². The summed E-state index contributed by atoms with van der Waals surface area (Å²) in [6.45, 7) is 2.12. The second-order valence-electron chi connectivity index (χ2n) is 4.13. The number of hydrogen-bond donors (Lipinski definition) is 0. The molecule has 0 fully saturated rings. The van der Waals surface area contributed by atoms with Crippen molar-refractivity contribution in [1.82, 2.24) is 0 Å². The zero-order valence-corrected chi connectivity index (χ0v) is 11.3. The Labute approximate surface area is 115 Å². The number of methoxy groups -OCH3 is 1. The molecule has 0 aliphatic rings. The van der Waals surface area contributed by atoms with Gasteiger partial charge in [0.2, 0.25) is 5.82 Å². The van der Waals surface area contributed by atoms with Crippen molar-refractivity contribution in [2.45, 2.75) is 19.3 Å². The summed E-state index contributed by atoms with van der Waals surface area (Å²) in [7, 11) is 1.45. The van der Waals surface area contributed by atoms with E-state index in [2.05, 4.69) is 0 Å². The predicted octanol–water partition coefficient (Wildman–Crippen LogP) is 2.42. The summed E-state index contributed by atoms with van der Waals surface area (Å²) in [5.41, 5.74) is -0.152. The SMILES string of the molecule is CCOC(=O)CC(COC)c1ccc(F)c([N+](=O)[O-])c1. The molecule has 110 valence electrons. The summed E-state index contributed by atoms with van der Waals surface area (Å²) in [6, 6.07) is 3.55. The minimum Gasteiger partial charge on any atom is -0.466 e. The van der Waals surface area contributed by atoms with Crippen LogP contribution in [0.2, 0.25) is 0 Å². The van der Waals surface area contributed by atoms with Gasteiger partial charge in [-0.1, -0.05) is 6.07 Å². The van der Waals surface area contributed by atoms with E-state index >= 15 is 0 Å². The zero-order valence-electron chi connectivity index (χ0n) is 11.3. The van der Waals surface area contributed by atoms with Gasteiger partial charge >= 0.3 is 11.7 Å². The number of carbonyl (C=O) groups excluding carboxylic acids is 1. The monoisotopic (exact) mass is 285 g/mol. The zero-order chi connectivity index (χ0) is 15.1. The van der Waals surface area contributed by atoms with E-state index in [9.17, 15) is 19.3 Å². The van der Waals surface area contributed by atoms with Gasteiger partial charge in [0.1, 0.15) is 0 Å². The fraction of sp³-hybridized carbons (Fsp3) is 0.462. The molecular formula is C13H16FNO5. The van der Waals surface area contributed by atoms with Crippen molar-refractivity contribution in [3.63, 3.8) is 0 Å². The first kappa shape index (κ1) is 16.0. The highest BCUT2D eigenvalue weighted by Crippen LogP contribution is 2.26. The van der Waals surface area contributed by atoms with Gasteiger partial charge in [0.05, 0.1) is 24.6 Å². The smallest absolute Gasteiger partial charge is 0.306 e. The maximum absolute atomic E-state index is 13.3. The molecule has 0 bridgehead atoms. The van der Waals surface area contributed by atoms with Gasteiger partial charge in [-0.05, 0) is 18.6 Å². The molecule has 1 rings (SSSR count). The third kappa shape index (κ3) is 4.27.